The minimum absolute atomic E-state index is 0.133. The van der Waals surface area contributed by atoms with Crippen LogP contribution in [-0.2, 0) is 52.4 Å². The molecule has 0 radical (unpaired) electrons. The Balaban J connectivity index is 2.10. The van der Waals surface area contributed by atoms with Crippen molar-refractivity contribution in [3.05, 3.63) is 0 Å². The number of carbonyl (C=O) groups is 5. The highest BCUT2D eigenvalue weighted by Crippen LogP contribution is 2.61. The van der Waals surface area contributed by atoms with Crippen molar-refractivity contribution in [1.29, 1.82) is 0 Å². The number of hydrogen-bond donors (Lipinski definition) is 3. The van der Waals surface area contributed by atoms with E-state index in [1.54, 1.807) is 13.8 Å². The van der Waals surface area contributed by atoms with Crippen LogP contribution in [0.2, 0.25) is 0 Å². The minimum atomic E-state index is -2.68. The van der Waals surface area contributed by atoms with E-state index in [1.807, 2.05) is 0 Å². The van der Waals surface area contributed by atoms with Crippen LogP contribution < -0.4 is 0 Å². The highest BCUT2D eigenvalue weighted by atomic mass is 16.7. The van der Waals surface area contributed by atoms with Gasteiger partial charge in [-0.25, -0.2) is 4.79 Å². The van der Waals surface area contributed by atoms with Crippen LogP contribution in [0.3, 0.4) is 0 Å². The van der Waals surface area contributed by atoms with E-state index in [9.17, 15) is 39.3 Å². The Kier molecular flexibility index (Phi) is 7.97. The van der Waals surface area contributed by atoms with Gasteiger partial charge in [-0.15, -0.1) is 0 Å². The van der Waals surface area contributed by atoms with Crippen LogP contribution in [0, 0.1) is 17.3 Å². The molecule has 2 saturated carbocycles. The summed E-state index contributed by atoms with van der Waals surface area (Å²) < 4.78 is 34.5. The lowest BCUT2D eigenvalue weighted by atomic mass is 9.51. The third kappa shape index (κ3) is 4.85. The van der Waals surface area contributed by atoms with Crippen molar-refractivity contribution in [3.63, 3.8) is 0 Å². The van der Waals surface area contributed by atoms with Crippen LogP contribution in [-0.4, -0.2) is 105 Å². The van der Waals surface area contributed by atoms with Crippen LogP contribution in [0.1, 0.15) is 68.2 Å². The topological polar surface area (TPSA) is 205 Å². The summed E-state index contributed by atoms with van der Waals surface area (Å²) in [6.45, 7) is 10.2. The maximum Gasteiger partial charge on any atom is 0.341 e. The van der Waals surface area contributed by atoms with Crippen LogP contribution >= 0.6 is 0 Å². The van der Waals surface area contributed by atoms with E-state index in [4.69, 9.17) is 28.4 Å². The smallest absolute Gasteiger partial charge is 0.341 e. The lowest BCUT2D eigenvalue weighted by molar-refractivity contribution is -0.276. The molecule has 4 fully saturated rings. The first-order valence-electron chi connectivity index (χ1n) is 13.9. The molecule has 14 nitrogen and oxygen atoms in total. The zero-order chi connectivity index (χ0) is 31.7. The Hall–Kier alpha value is -2.81. The highest BCUT2D eigenvalue weighted by Gasteiger charge is 2.80. The molecule has 2 saturated heterocycles. The maximum absolute atomic E-state index is 13.1. The predicted octanol–water partition coefficient (Wildman–Crippen LogP) is -0.295. The normalized spacial score (nSPS) is 47.9. The van der Waals surface area contributed by atoms with Crippen molar-refractivity contribution in [1.82, 2.24) is 0 Å². The first-order chi connectivity index (χ1) is 19.2. The minimum Gasteiger partial charge on any atom is -0.462 e. The average molecular weight is 601 g/mol. The number of esters is 5. The van der Waals surface area contributed by atoms with Crippen molar-refractivity contribution < 1.29 is 67.7 Å². The van der Waals surface area contributed by atoms with E-state index in [2.05, 4.69) is 0 Å². The SMILES string of the molecule is CC(=O)OC1[C@H]2[C@@H](C)[C@@H](O)C[C@H](OC(C)=O)[C@]2(C)[C@@H](OC(C)=O)[C@@H](OC(C)=O)C[C@@]2(C)O[C@H]2[C@@H]2OC(=O)[C@](C)(O)[C@]12O. The lowest BCUT2D eigenvalue weighted by Crippen LogP contribution is -2.74. The van der Waals surface area contributed by atoms with Gasteiger partial charge in [-0.1, -0.05) is 13.8 Å². The van der Waals surface area contributed by atoms with Crippen LogP contribution in [0.25, 0.3) is 0 Å². The van der Waals surface area contributed by atoms with Gasteiger partial charge in [0.2, 0.25) is 0 Å². The van der Waals surface area contributed by atoms with Gasteiger partial charge in [0.25, 0.3) is 0 Å². The molecule has 4 rings (SSSR count). The van der Waals surface area contributed by atoms with Crippen LogP contribution in [0.5, 0.6) is 0 Å². The highest BCUT2D eigenvalue weighted by molar-refractivity contribution is 5.84. The molecule has 0 spiro atoms. The largest absolute Gasteiger partial charge is 0.462 e. The number of aliphatic hydroxyl groups is 3. The van der Waals surface area contributed by atoms with Crippen molar-refractivity contribution >= 4 is 29.8 Å². The van der Waals surface area contributed by atoms with Crippen molar-refractivity contribution in [2.75, 3.05) is 0 Å². The van der Waals surface area contributed by atoms with Gasteiger partial charge in [-0.3, -0.25) is 19.2 Å². The Morgan fingerprint density at radius 1 is 0.833 bits per heavy atom. The summed E-state index contributed by atoms with van der Waals surface area (Å²) >= 11 is 0. The van der Waals surface area contributed by atoms with Gasteiger partial charge in [-0.2, -0.15) is 0 Å². The Labute approximate surface area is 242 Å². The summed E-state index contributed by atoms with van der Waals surface area (Å²) in [6, 6.07) is 0. The van der Waals surface area contributed by atoms with Crippen molar-refractivity contribution in [3.8, 4) is 0 Å². The molecule has 42 heavy (non-hydrogen) atoms. The Morgan fingerprint density at radius 3 is 1.88 bits per heavy atom. The maximum atomic E-state index is 13.1. The van der Waals surface area contributed by atoms with Gasteiger partial charge in [0.15, 0.2) is 17.3 Å². The number of aliphatic hydroxyl groups excluding tert-OH is 1. The van der Waals surface area contributed by atoms with Crippen LogP contribution in [0.15, 0.2) is 0 Å². The summed E-state index contributed by atoms with van der Waals surface area (Å²) in [5.41, 5.74) is -8.27. The first-order valence-corrected chi connectivity index (χ1v) is 13.9. The van der Waals surface area contributed by atoms with Gasteiger partial charge in [0, 0.05) is 46.5 Å². The van der Waals surface area contributed by atoms with E-state index in [-0.39, 0.29) is 12.8 Å². The molecule has 3 N–H and O–H groups in total. The van der Waals surface area contributed by atoms with Gasteiger partial charge >= 0.3 is 29.8 Å². The molecule has 0 aromatic heterocycles. The molecular formula is C28H40O14. The van der Waals surface area contributed by atoms with Gasteiger partial charge < -0.3 is 43.7 Å². The molecule has 0 bridgehead atoms. The third-order valence-corrected chi connectivity index (χ3v) is 9.63. The summed E-state index contributed by atoms with van der Waals surface area (Å²) in [5.74, 6) is -6.63. The molecule has 0 amide bonds. The quantitative estimate of drug-likeness (QED) is 0.215. The Bertz CT molecular complexity index is 1170. The number of hydrogen-bond acceptors (Lipinski definition) is 14. The molecule has 0 aromatic carbocycles. The molecule has 236 valence electrons. The van der Waals surface area contributed by atoms with Gasteiger partial charge in [-0.05, 0) is 19.8 Å². The third-order valence-electron chi connectivity index (χ3n) is 9.63. The van der Waals surface area contributed by atoms with Crippen LogP contribution in [0.4, 0.5) is 0 Å². The fourth-order valence-electron chi connectivity index (χ4n) is 7.57. The molecule has 2 aliphatic heterocycles. The molecule has 0 aromatic rings. The predicted molar refractivity (Wildman–Crippen MR) is 137 cm³/mol. The van der Waals surface area contributed by atoms with E-state index in [0.717, 1.165) is 34.6 Å². The summed E-state index contributed by atoms with van der Waals surface area (Å²) in [4.78, 5) is 63.2. The lowest BCUT2D eigenvalue weighted by Gasteiger charge is -2.59. The molecular weight excluding hydrogens is 560 g/mol. The molecule has 2 heterocycles. The second-order valence-electron chi connectivity index (χ2n) is 12.6. The molecule has 1 unspecified atom stereocenters. The molecule has 2 aliphatic carbocycles. The van der Waals surface area contributed by atoms with E-state index in [0.29, 0.717) is 0 Å². The van der Waals surface area contributed by atoms with Gasteiger partial charge in [0.1, 0.15) is 30.5 Å². The molecule has 4 aliphatic rings. The van der Waals surface area contributed by atoms with Crippen molar-refractivity contribution in [2.24, 2.45) is 17.3 Å². The number of carbonyl (C=O) groups excluding carboxylic acids is 5. The van der Waals surface area contributed by atoms with E-state index >= 15 is 0 Å². The van der Waals surface area contributed by atoms with E-state index in [1.165, 1.54) is 6.92 Å². The zero-order valence-electron chi connectivity index (χ0n) is 24.9. The van der Waals surface area contributed by atoms with Crippen molar-refractivity contribution in [2.45, 2.75) is 128 Å². The fraction of sp³-hybridized carbons (Fsp3) is 0.821. The first kappa shape index (κ1) is 32.1. The second kappa shape index (κ2) is 10.4. The molecule has 14 heteroatoms. The standard InChI is InChI=1S/C28H40O14/c1-11-16(33)9-18(38-13(3)30)26(7)19(11)21(40-15(5)32)28(36)23(41-24(34)27(28,8)35)22-25(6,42-22)10-17(37-12(2)29)20(26)39-14(4)31/h11,16-23,33,35-36H,9-10H2,1-8H3/t11-,16-,17-,18-,19+,20-,21?,22-,23-,25+,26-,27-,28-/m0/s1. The second-order valence-corrected chi connectivity index (χ2v) is 12.6. The summed E-state index contributed by atoms with van der Waals surface area (Å²) in [6.07, 6.45) is -9.96. The number of ether oxygens (including phenoxy) is 6. The average Bonchev–Trinajstić information content (AvgIpc) is 3.45. The summed E-state index contributed by atoms with van der Waals surface area (Å²) in [5, 5.41) is 35.3. The number of epoxide rings is 1. The number of fused-ring (bicyclic) bond motifs is 4. The molecule has 13 atom stereocenters. The zero-order valence-corrected chi connectivity index (χ0v) is 24.9. The van der Waals surface area contributed by atoms with E-state index < -0.39 is 107 Å². The Morgan fingerprint density at radius 2 is 1.36 bits per heavy atom. The number of rotatable bonds is 4. The monoisotopic (exact) mass is 600 g/mol. The fourth-order valence-corrected chi connectivity index (χ4v) is 7.57. The van der Waals surface area contributed by atoms with Gasteiger partial charge in [0.05, 0.1) is 17.1 Å². The summed E-state index contributed by atoms with van der Waals surface area (Å²) in [7, 11) is 0.